The number of benzene rings is 2. The van der Waals surface area contributed by atoms with Gasteiger partial charge in [0.05, 0.1) is 19.1 Å². The van der Waals surface area contributed by atoms with E-state index < -0.39 is 28.5 Å². The molecule has 8 nitrogen and oxygen atoms in total. The zero-order chi connectivity index (χ0) is 26.0. The average Bonchev–Trinajstić information content (AvgIpc) is 2.85. The number of amides is 2. The van der Waals surface area contributed by atoms with E-state index in [1.165, 1.54) is 4.90 Å². The predicted octanol–water partition coefficient (Wildman–Crippen LogP) is 3.36. The Kier molecular flexibility index (Phi) is 10.6. The Hall–Kier alpha value is -3.07. The fourth-order valence-corrected chi connectivity index (χ4v) is 4.61. The molecule has 1 atom stereocenters. The van der Waals surface area contributed by atoms with E-state index in [2.05, 4.69) is 5.32 Å². The molecule has 2 aromatic carbocycles. The summed E-state index contributed by atoms with van der Waals surface area (Å²) in [5.41, 5.74) is 2.24. The number of nitrogens with one attached hydrogen (secondary N) is 1. The molecule has 0 saturated heterocycles. The third-order valence-corrected chi connectivity index (χ3v) is 6.87. The Labute approximate surface area is 209 Å². The molecule has 0 aromatic heterocycles. The maximum Gasteiger partial charge on any atom is 0.244 e. The Morgan fingerprint density at radius 3 is 2.26 bits per heavy atom. The van der Waals surface area contributed by atoms with Crippen molar-refractivity contribution in [2.45, 2.75) is 52.6 Å². The van der Waals surface area contributed by atoms with E-state index in [4.69, 9.17) is 4.74 Å². The second-order valence-corrected chi connectivity index (χ2v) is 10.3. The number of sulfonamides is 1. The van der Waals surface area contributed by atoms with Crippen molar-refractivity contribution >= 4 is 27.5 Å². The van der Waals surface area contributed by atoms with Gasteiger partial charge in [0.1, 0.15) is 18.3 Å². The molecule has 0 unspecified atom stereocenters. The highest BCUT2D eigenvalue weighted by Crippen LogP contribution is 2.21. The van der Waals surface area contributed by atoms with Gasteiger partial charge in [-0.15, -0.1) is 0 Å². The first kappa shape index (κ1) is 28.2. The molecule has 0 radical (unpaired) electrons. The number of rotatable bonds is 13. The second kappa shape index (κ2) is 13.1. The average molecular weight is 504 g/mol. The lowest BCUT2D eigenvalue weighted by atomic mass is 10.1. The molecule has 0 spiro atoms. The summed E-state index contributed by atoms with van der Waals surface area (Å²) in [5.74, 6) is -0.0905. The summed E-state index contributed by atoms with van der Waals surface area (Å²) in [4.78, 5) is 28.1. The topological polar surface area (TPSA) is 96.0 Å². The van der Waals surface area contributed by atoms with Crippen LogP contribution in [0.15, 0.2) is 48.5 Å². The fourth-order valence-electron chi connectivity index (χ4n) is 3.76. The van der Waals surface area contributed by atoms with Crippen LogP contribution in [0.1, 0.15) is 44.7 Å². The number of hydrogen-bond acceptors (Lipinski definition) is 5. The van der Waals surface area contributed by atoms with Gasteiger partial charge < -0.3 is 15.0 Å². The first-order valence-corrected chi connectivity index (χ1v) is 13.8. The van der Waals surface area contributed by atoms with E-state index in [0.29, 0.717) is 24.4 Å². The third-order valence-electron chi connectivity index (χ3n) is 5.73. The molecule has 192 valence electrons. The van der Waals surface area contributed by atoms with Gasteiger partial charge >= 0.3 is 0 Å². The lowest BCUT2D eigenvalue weighted by Gasteiger charge is -2.33. The van der Waals surface area contributed by atoms with Crippen LogP contribution in [-0.4, -0.2) is 57.6 Å². The van der Waals surface area contributed by atoms with Gasteiger partial charge in [-0.3, -0.25) is 13.9 Å². The fraction of sp³-hybridized carbons (Fsp3) is 0.462. The van der Waals surface area contributed by atoms with Gasteiger partial charge in [0, 0.05) is 13.1 Å². The van der Waals surface area contributed by atoms with Gasteiger partial charge in [0.25, 0.3) is 0 Å². The van der Waals surface area contributed by atoms with E-state index in [9.17, 15) is 18.0 Å². The standard InChI is InChI=1S/C26H37N3O5S/c1-6-16-27-26(31)24(8-3)28(18-21-10-9-11-23(17-21)34-4)25(30)19-29(35(5,32)33)22-14-12-20(7-2)13-15-22/h9-15,17,24H,6-8,16,18-19H2,1-5H3,(H,27,31)/t24-/m1/s1. The third kappa shape index (κ3) is 7.99. The van der Waals surface area contributed by atoms with Crippen molar-refractivity contribution in [3.63, 3.8) is 0 Å². The molecule has 2 rings (SSSR count). The van der Waals surface area contributed by atoms with Crippen LogP contribution in [0.5, 0.6) is 5.75 Å². The van der Waals surface area contributed by atoms with Gasteiger partial charge in [-0.2, -0.15) is 0 Å². The number of carbonyl (C=O) groups is 2. The molecule has 0 saturated carbocycles. The Bertz CT molecular complexity index is 1090. The minimum absolute atomic E-state index is 0.139. The van der Waals surface area contributed by atoms with Crippen LogP contribution < -0.4 is 14.4 Å². The molecule has 1 N–H and O–H groups in total. The number of hydrogen-bond donors (Lipinski definition) is 1. The van der Waals surface area contributed by atoms with Crippen LogP contribution in [0.2, 0.25) is 0 Å². The van der Waals surface area contributed by atoms with Crippen LogP contribution in [0.3, 0.4) is 0 Å². The molecule has 9 heteroatoms. The molecule has 0 fully saturated rings. The van der Waals surface area contributed by atoms with Gasteiger partial charge in [-0.05, 0) is 54.7 Å². The maximum absolute atomic E-state index is 13.6. The van der Waals surface area contributed by atoms with Crippen LogP contribution >= 0.6 is 0 Å². The van der Waals surface area contributed by atoms with Crippen molar-refractivity contribution < 1.29 is 22.7 Å². The number of carbonyl (C=O) groups excluding carboxylic acids is 2. The molecule has 35 heavy (non-hydrogen) atoms. The van der Waals surface area contributed by atoms with Gasteiger partial charge in [-0.1, -0.05) is 45.0 Å². The van der Waals surface area contributed by atoms with E-state index in [0.717, 1.165) is 34.5 Å². The molecule has 0 bridgehead atoms. The highest BCUT2D eigenvalue weighted by atomic mass is 32.2. The zero-order valence-corrected chi connectivity index (χ0v) is 22.1. The Morgan fingerprint density at radius 1 is 1.03 bits per heavy atom. The van der Waals surface area contributed by atoms with Crippen LogP contribution in [0, 0.1) is 0 Å². The molecule has 0 aliphatic carbocycles. The molecular formula is C26H37N3O5S. The van der Waals surface area contributed by atoms with Crippen molar-refractivity contribution in [1.29, 1.82) is 0 Å². The van der Waals surface area contributed by atoms with Crippen LogP contribution in [-0.2, 0) is 32.6 Å². The molecular weight excluding hydrogens is 466 g/mol. The van der Waals surface area contributed by atoms with Crippen molar-refractivity contribution in [2.24, 2.45) is 0 Å². The molecule has 0 heterocycles. The summed E-state index contributed by atoms with van der Waals surface area (Å²) in [6.07, 6.45) is 3.04. The number of methoxy groups -OCH3 is 1. The lowest BCUT2D eigenvalue weighted by molar-refractivity contribution is -0.140. The van der Waals surface area contributed by atoms with Crippen molar-refractivity contribution in [3.05, 3.63) is 59.7 Å². The minimum Gasteiger partial charge on any atom is -0.497 e. The highest BCUT2D eigenvalue weighted by Gasteiger charge is 2.31. The summed E-state index contributed by atoms with van der Waals surface area (Å²) >= 11 is 0. The van der Waals surface area contributed by atoms with Gasteiger partial charge in [0.15, 0.2) is 0 Å². The number of nitrogens with zero attached hydrogens (tertiary/aromatic N) is 2. The summed E-state index contributed by atoms with van der Waals surface area (Å²) in [7, 11) is -2.19. The largest absolute Gasteiger partial charge is 0.497 e. The summed E-state index contributed by atoms with van der Waals surface area (Å²) < 4.78 is 31.7. The van der Waals surface area contributed by atoms with Gasteiger partial charge in [0.2, 0.25) is 21.8 Å². The predicted molar refractivity (Wildman–Crippen MR) is 139 cm³/mol. The van der Waals surface area contributed by atoms with E-state index in [1.54, 1.807) is 31.4 Å². The van der Waals surface area contributed by atoms with Gasteiger partial charge in [-0.25, -0.2) is 8.42 Å². The summed E-state index contributed by atoms with van der Waals surface area (Å²) in [6.45, 7) is 6.02. The normalized spacial score (nSPS) is 12.0. The van der Waals surface area contributed by atoms with Crippen molar-refractivity contribution in [3.8, 4) is 5.75 Å². The van der Waals surface area contributed by atoms with Crippen molar-refractivity contribution in [1.82, 2.24) is 10.2 Å². The van der Waals surface area contributed by atoms with E-state index in [1.807, 2.05) is 45.0 Å². The smallest absolute Gasteiger partial charge is 0.244 e. The first-order valence-electron chi connectivity index (χ1n) is 11.9. The minimum atomic E-state index is -3.75. The second-order valence-electron chi connectivity index (χ2n) is 8.38. The summed E-state index contributed by atoms with van der Waals surface area (Å²) in [5, 5.41) is 2.87. The van der Waals surface area contributed by atoms with E-state index in [-0.39, 0.29) is 12.5 Å². The Balaban J connectivity index is 2.42. The Morgan fingerprint density at radius 2 is 1.71 bits per heavy atom. The quantitative estimate of drug-likeness (QED) is 0.452. The molecule has 2 aromatic rings. The summed E-state index contributed by atoms with van der Waals surface area (Å²) in [6, 6.07) is 13.6. The lowest BCUT2D eigenvalue weighted by Crippen LogP contribution is -2.52. The molecule has 0 aliphatic heterocycles. The zero-order valence-electron chi connectivity index (χ0n) is 21.3. The van der Waals surface area contributed by atoms with Crippen molar-refractivity contribution in [2.75, 3.05) is 30.8 Å². The number of anilines is 1. The monoisotopic (exact) mass is 503 g/mol. The maximum atomic E-state index is 13.6. The number of aryl methyl sites for hydroxylation is 1. The van der Waals surface area contributed by atoms with Crippen LogP contribution in [0.25, 0.3) is 0 Å². The van der Waals surface area contributed by atoms with Crippen LogP contribution in [0.4, 0.5) is 5.69 Å². The first-order chi connectivity index (χ1) is 16.6. The number of ether oxygens (including phenoxy) is 1. The SMILES string of the molecule is CCCNC(=O)[C@@H](CC)N(Cc1cccc(OC)c1)C(=O)CN(c1ccc(CC)cc1)S(C)(=O)=O. The molecule has 2 amide bonds. The molecule has 0 aliphatic rings. The van der Waals surface area contributed by atoms with E-state index >= 15 is 0 Å². The highest BCUT2D eigenvalue weighted by molar-refractivity contribution is 7.92.